The van der Waals surface area contributed by atoms with E-state index in [0.29, 0.717) is 35.1 Å². The van der Waals surface area contributed by atoms with Crippen molar-refractivity contribution in [2.24, 2.45) is 0 Å². The van der Waals surface area contributed by atoms with E-state index in [2.05, 4.69) is 5.32 Å². The molecule has 0 aromatic carbocycles. The molecule has 7 nitrogen and oxygen atoms in total. The summed E-state index contributed by atoms with van der Waals surface area (Å²) < 4.78 is 45.3. The number of nitrogens with one attached hydrogen (secondary N) is 1. The number of alkyl halides is 3. The Bertz CT molecular complexity index is 1030. The Kier molecular flexibility index (Phi) is 5.82. The molecule has 0 bridgehead atoms. The molecule has 3 heterocycles. The maximum atomic E-state index is 12.9. The van der Waals surface area contributed by atoms with E-state index >= 15 is 0 Å². The third-order valence-corrected chi connectivity index (χ3v) is 6.23. The molecule has 154 valence electrons. The van der Waals surface area contributed by atoms with E-state index in [4.69, 9.17) is 17.0 Å². The van der Waals surface area contributed by atoms with Gasteiger partial charge in [0.1, 0.15) is 11.4 Å². The van der Waals surface area contributed by atoms with Crippen molar-refractivity contribution in [2.75, 3.05) is 26.8 Å². The highest BCUT2D eigenvalue weighted by molar-refractivity contribution is 7.80. The SMILES string of the molecule is COCCn1c(=O)n(CC(F)(F)F)c(=O)c2c(C)c(CN3CCNC3=S)sc21. The van der Waals surface area contributed by atoms with Gasteiger partial charge in [-0.05, 0) is 24.7 Å². The second kappa shape index (κ2) is 7.84. The normalized spacial score (nSPS) is 14.9. The maximum absolute atomic E-state index is 12.9. The van der Waals surface area contributed by atoms with Gasteiger partial charge in [-0.25, -0.2) is 4.79 Å². The molecule has 0 amide bonds. The largest absolute Gasteiger partial charge is 0.406 e. The monoisotopic (exact) mass is 436 g/mol. The van der Waals surface area contributed by atoms with Crippen LogP contribution in [-0.4, -0.2) is 52.1 Å². The maximum Gasteiger partial charge on any atom is 0.406 e. The molecule has 0 aliphatic carbocycles. The summed E-state index contributed by atoms with van der Waals surface area (Å²) >= 11 is 6.46. The van der Waals surface area contributed by atoms with Crippen LogP contribution in [0.5, 0.6) is 0 Å². The van der Waals surface area contributed by atoms with Gasteiger partial charge in [-0.15, -0.1) is 11.3 Å². The van der Waals surface area contributed by atoms with E-state index in [9.17, 15) is 22.8 Å². The lowest BCUT2D eigenvalue weighted by molar-refractivity contribution is -0.141. The number of thiophene rings is 1. The summed E-state index contributed by atoms with van der Waals surface area (Å²) in [6, 6.07) is 0. The van der Waals surface area contributed by atoms with Crippen LogP contribution in [0.1, 0.15) is 10.4 Å². The highest BCUT2D eigenvalue weighted by Gasteiger charge is 2.32. The van der Waals surface area contributed by atoms with Crippen molar-refractivity contribution in [3.8, 4) is 0 Å². The van der Waals surface area contributed by atoms with E-state index in [1.807, 2.05) is 4.90 Å². The Hall–Kier alpha value is -1.92. The molecule has 0 saturated carbocycles. The van der Waals surface area contributed by atoms with Crippen LogP contribution in [0.3, 0.4) is 0 Å². The number of hydrogen-bond donors (Lipinski definition) is 1. The lowest BCUT2D eigenvalue weighted by atomic mass is 10.2. The number of halogens is 3. The van der Waals surface area contributed by atoms with Crippen molar-refractivity contribution < 1.29 is 17.9 Å². The minimum absolute atomic E-state index is 0.0487. The van der Waals surface area contributed by atoms with Gasteiger partial charge < -0.3 is 15.0 Å². The summed E-state index contributed by atoms with van der Waals surface area (Å²) in [5.41, 5.74) is -1.34. The Morgan fingerprint density at radius 1 is 1.29 bits per heavy atom. The van der Waals surface area contributed by atoms with Crippen molar-refractivity contribution in [1.82, 2.24) is 19.4 Å². The van der Waals surface area contributed by atoms with Gasteiger partial charge in [0.2, 0.25) is 0 Å². The first-order chi connectivity index (χ1) is 13.1. The van der Waals surface area contributed by atoms with Gasteiger partial charge in [-0.1, -0.05) is 0 Å². The van der Waals surface area contributed by atoms with Crippen molar-refractivity contribution in [3.63, 3.8) is 0 Å². The Morgan fingerprint density at radius 3 is 2.57 bits per heavy atom. The molecule has 0 atom stereocenters. The molecule has 1 aliphatic heterocycles. The number of ether oxygens (including phenoxy) is 1. The number of aromatic nitrogens is 2. The minimum Gasteiger partial charge on any atom is -0.383 e. The quantitative estimate of drug-likeness (QED) is 0.692. The highest BCUT2D eigenvalue weighted by Crippen LogP contribution is 2.29. The predicted molar refractivity (Wildman–Crippen MR) is 104 cm³/mol. The molecule has 1 aliphatic rings. The van der Waals surface area contributed by atoms with Crippen molar-refractivity contribution in [3.05, 3.63) is 31.3 Å². The fourth-order valence-corrected chi connectivity index (χ4v) is 4.71. The fourth-order valence-electron chi connectivity index (χ4n) is 3.13. The van der Waals surface area contributed by atoms with Crippen LogP contribution in [0.25, 0.3) is 10.2 Å². The molecule has 1 fully saturated rings. The zero-order chi connectivity index (χ0) is 20.6. The van der Waals surface area contributed by atoms with Gasteiger partial charge >= 0.3 is 11.9 Å². The number of thiocarbonyl (C=S) groups is 1. The van der Waals surface area contributed by atoms with E-state index in [1.54, 1.807) is 6.92 Å². The number of hydrogen-bond acceptors (Lipinski definition) is 5. The first kappa shape index (κ1) is 20.8. The number of aryl methyl sites for hydroxylation is 1. The molecule has 28 heavy (non-hydrogen) atoms. The Labute approximate surface area is 167 Å². The average Bonchev–Trinajstić information content (AvgIpc) is 3.15. The zero-order valence-corrected chi connectivity index (χ0v) is 16.9. The molecule has 12 heteroatoms. The van der Waals surface area contributed by atoms with Crippen LogP contribution >= 0.6 is 23.6 Å². The summed E-state index contributed by atoms with van der Waals surface area (Å²) in [6.07, 6.45) is -4.68. The number of rotatable bonds is 6. The molecular weight excluding hydrogens is 417 g/mol. The molecule has 2 aromatic rings. The van der Waals surface area contributed by atoms with Gasteiger partial charge in [0.15, 0.2) is 5.11 Å². The van der Waals surface area contributed by atoms with Crippen LogP contribution in [0.2, 0.25) is 0 Å². The van der Waals surface area contributed by atoms with E-state index < -0.39 is 24.0 Å². The fraction of sp³-hybridized carbons (Fsp3) is 0.562. The molecule has 0 unspecified atom stereocenters. The minimum atomic E-state index is -4.68. The molecule has 1 saturated heterocycles. The lowest BCUT2D eigenvalue weighted by Crippen LogP contribution is -2.43. The highest BCUT2D eigenvalue weighted by atomic mass is 32.1. The first-order valence-electron chi connectivity index (χ1n) is 8.48. The van der Waals surface area contributed by atoms with Gasteiger partial charge in [-0.2, -0.15) is 13.2 Å². The second-order valence-electron chi connectivity index (χ2n) is 6.42. The Morgan fingerprint density at radius 2 is 2.00 bits per heavy atom. The standard InChI is InChI=1S/C16H19F3N4O3S2/c1-9-10(7-21-4-3-20-14(21)27)28-13-11(9)12(24)23(8-16(17,18)19)15(25)22(13)5-6-26-2/h3-8H2,1-2H3,(H,20,27). The lowest BCUT2D eigenvalue weighted by Gasteiger charge is -2.15. The van der Waals surface area contributed by atoms with Crippen molar-refractivity contribution in [2.45, 2.75) is 32.7 Å². The molecule has 2 aromatic heterocycles. The van der Waals surface area contributed by atoms with Gasteiger partial charge in [0.05, 0.1) is 25.1 Å². The molecule has 0 spiro atoms. The summed E-state index contributed by atoms with van der Waals surface area (Å²) in [5.74, 6) is 0. The van der Waals surface area contributed by atoms with E-state index in [1.165, 1.54) is 23.0 Å². The van der Waals surface area contributed by atoms with E-state index in [0.717, 1.165) is 4.88 Å². The third-order valence-electron chi connectivity index (χ3n) is 4.53. The molecule has 3 rings (SSSR count). The van der Waals surface area contributed by atoms with Crippen LogP contribution < -0.4 is 16.6 Å². The van der Waals surface area contributed by atoms with E-state index in [-0.39, 0.29) is 23.1 Å². The topological polar surface area (TPSA) is 68.5 Å². The van der Waals surface area contributed by atoms with Crippen LogP contribution in [0.4, 0.5) is 13.2 Å². The second-order valence-corrected chi connectivity index (χ2v) is 7.89. The average molecular weight is 436 g/mol. The summed E-state index contributed by atoms with van der Waals surface area (Å²) in [7, 11) is 1.43. The van der Waals surface area contributed by atoms with Crippen molar-refractivity contribution >= 4 is 38.9 Å². The predicted octanol–water partition coefficient (Wildman–Crippen LogP) is 1.43. The number of fused-ring (bicyclic) bond motifs is 1. The van der Waals surface area contributed by atoms with Gasteiger partial charge in [0.25, 0.3) is 5.56 Å². The Balaban J connectivity index is 2.19. The van der Waals surface area contributed by atoms with Crippen LogP contribution in [0, 0.1) is 6.92 Å². The first-order valence-corrected chi connectivity index (χ1v) is 9.70. The number of nitrogens with zero attached hydrogens (tertiary/aromatic N) is 3. The molecule has 0 radical (unpaired) electrons. The smallest absolute Gasteiger partial charge is 0.383 e. The van der Waals surface area contributed by atoms with Crippen molar-refractivity contribution in [1.29, 1.82) is 0 Å². The number of methoxy groups -OCH3 is 1. The van der Waals surface area contributed by atoms with Gasteiger partial charge in [-0.3, -0.25) is 13.9 Å². The summed E-state index contributed by atoms with van der Waals surface area (Å²) in [5, 5.41) is 3.76. The molecule has 1 N–H and O–H groups in total. The molecular formula is C16H19F3N4O3S2. The van der Waals surface area contributed by atoms with Gasteiger partial charge in [0, 0.05) is 25.1 Å². The zero-order valence-electron chi connectivity index (χ0n) is 15.3. The summed E-state index contributed by atoms with van der Waals surface area (Å²) in [6.45, 7) is 2.07. The van der Waals surface area contributed by atoms with Crippen LogP contribution in [0.15, 0.2) is 9.59 Å². The van der Waals surface area contributed by atoms with Crippen LogP contribution in [-0.2, 0) is 24.4 Å². The summed E-state index contributed by atoms with van der Waals surface area (Å²) in [4.78, 5) is 28.5. The third kappa shape index (κ3) is 3.94.